The number of fused-ring (bicyclic) bond motifs is 2. The number of carbonyl (C=O) groups excluding carboxylic acids is 1. The van der Waals surface area contributed by atoms with Gasteiger partial charge in [-0.3, -0.25) is 9.59 Å². The number of benzene rings is 1. The lowest BCUT2D eigenvalue weighted by molar-refractivity contribution is -0.149. The molecule has 4 rings (SSSR count). The van der Waals surface area contributed by atoms with Crippen LogP contribution in [-0.4, -0.2) is 35.0 Å². The first-order valence-electron chi connectivity index (χ1n) is 7.61. The van der Waals surface area contributed by atoms with Crippen molar-refractivity contribution >= 4 is 22.8 Å². The van der Waals surface area contributed by atoms with E-state index in [0.717, 1.165) is 18.2 Å². The summed E-state index contributed by atoms with van der Waals surface area (Å²) < 4.78 is 5.43. The van der Waals surface area contributed by atoms with Crippen LogP contribution >= 0.6 is 0 Å². The van der Waals surface area contributed by atoms with Crippen LogP contribution in [0.5, 0.6) is 0 Å². The van der Waals surface area contributed by atoms with Crippen LogP contribution < -0.4 is 0 Å². The molecule has 1 amide bonds. The molecule has 5 heteroatoms. The van der Waals surface area contributed by atoms with Crippen LogP contribution in [0.2, 0.25) is 0 Å². The predicted molar refractivity (Wildman–Crippen MR) is 79.5 cm³/mol. The Kier molecular flexibility index (Phi) is 2.79. The number of carboxylic acid groups (broad SMARTS) is 1. The highest BCUT2D eigenvalue weighted by molar-refractivity contribution is 6.06. The standard InChI is InChI=1S/C17H17NO4/c19-15(13-9-22-14-6-2-1-5-12(13)14)18-8-11-4-3-7-17(11,10-18)16(20)21/h1-2,5-6,9,11H,3-4,7-8,10H2,(H,20,21)/t11-,17+/m0/s1. The molecule has 0 radical (unpaired) electrons. The van der Waals surface area contributed by atoms with Gasteiger partial charge in [0.05, 0.1) is 11.0 Å². The lowest BCUT2D eigenvalue weighted by Crippen LogP contribution is -2.37. The molecule has 0 unspecified atom stereocenters. The molecule has 0 bridgehead atoms. The third-order valence-corrected chi connectivity index (χ3v) is 5.30. The molecule has 114 valence electrons. The maximum Gasteiger partial charge on any atom is 0.311 e. The average Bonchev–Trinajstić information content (AvgIpc) is 3.18. The Morgan fingerprint density at radius 1 is 1.32 bits per heavy atom. The molecule has 2 heterocycles. The van der Waals surface area contributed by atoms with Crippen molar-refractivity contribution in [1.82, 2.24) is 4.90 Å². The normalized spacial score (nSPS) is 27.3. The molecule has 2 atom stereocenters. The number of furan rings is 1. The van der Waals surface area contributed by atoms with E-state index in [1.54, 1.807) is 4.90 Å². The minimum Gasteiger partial charge on any atom is -0.481 e. The summed E-state index contributed by atoms with van der Waals surface area (Å²) >= 11 is 0. The smallest absolute Gasteiger partial charge is 0.311 e. The van der Waals surface area contributed by atoms with Crippen LogP contribution in [0.4, 0.5) is 0 Å². The van der Waals surface area contributed by atoms with E-state index in [1.807, 2.05) is 24.3 Å². The molecule has 2 aliphatic rings. The number of carboxylic acids is 1. The third kappa shape index (κ3) is 1.71. The molecular formula is C17H17NO4. The van der Waals surface area contributed by atoms with Crippen molar-refractivity contribution in [2.75, 3.05) is 13.1 Å². The molecule has 5 nitrogen and oxygen atoms in total. The summed E-state index contributed by atoms with van der Waals surface area (Å²) in [6.45, 7) is 0.843. The van der Waals surface area contributed by atoms with Crippen molar-refractivity contribution in [2.45, 2.75) is 19.3 Å². The summed E-state index contributed by atoms with van der Waals surface area (Å²) in [5.41, 5.74) is 0.462. The van der Waals surface area contributed by atoms with Crippen molar-refractivity contribution in [3.05, 3.63) is 36.1 Å². The van der Waals surface area contributed by atoms with Gasteiger partial charge in [-0.05, 0) is 24.8 Å². The molecule has 22 heavy (non-hydrogen) atoms. The fraction of sp³-hybridized carbons (Fsp3) is 0.412. The number of hydrogen-bond acceptors (Lipinski definition) is 3. The monoisotopic (exact) mass is 299 g/mol. The Hall–Kier alpha value is -2.30. The van der Waals surface area contributed by atoms with Gasteiger partial charge in [-0.2, -0.15) is 0 Å². The lowest BCUT2D eigenvalue weighted by atomic mass is 9.81. The van der Waals surface area contributed by atoms with Gasteiger partial charge in [0, 0.05) is 18.5 Å². The van der Waals surface area contributed by atoms with Crippen LogP contribution in [-0.2, 0) is 4.79 Å². The van der Waals surface area contributed by atoms with Crippen molar-refractivity contribution < 1.29 is 19.1 Å². The fourth-order valence-electron chi connectivity index (χ4n) is 4.11. The van der Waals surface area contributed by atoms with Gasteiger partial charge in [0.1, 0.15) is 11.8 Å². The van der Waals surface area contributed by atoms with Crippen molar-refractivity contribution in [3.8, 4) is 0 Å². The van der Waals surface area contributed by atoms with Crippen LogP contribution in [0.1, 0.15) is 29.6 Å². The van der Waals surface area contributed by atoms with E-state index in [9.17, 15) is 14.7 Å². The van der Waals surface area contributed by atoms with Crippen LogP contribution in [0.25, 0.3) is 11.0 Å². The van der Waals surface area contributed by atoms with Crippen molar-refractivity contribution in [2.24, 2.45) is 11.3 Å². The van der Waals surface area contributed by atoms with Gasteiger partial charge in [-0.1, -0.05) is 24.6 Å². The van der Waals surface area contributed by atoms with Gasteiger partial charge >= 0.3 is 5.97 Å². The number of rotatable bonds is 2. The second-order valence-corrected chi connectivity index (χ2v) is 6.38. The fourth-order valence-corrected chi connectivity index (χ4v) is 4.11. The number of aliphatic carboxylic acids is 1. The van der Waals surface area contributed by atoms with Gasteiger partial charge in [-0.15, -0.1) is 0 Å². The summed E-state index contributed by atoms with van der Waals surface area (Å²) in [5.74, 6) is -0.811. The minimum atomic E-state index is -0.762. The predicted octanol–water partition coefficient (Wildman–Crippen LogP) is 2.76. The second-order valence-electron chi connectivity index (χ2n) is 6.38. The molecule has 2 fully saturated rings. The number of nitrogens with zero attached hydrogens (tertiary/aromatic N) is 1. The van der Waals surface area contributed by atoms with E-state index in [4.69, 9.17) is 4.42 Å². The number of amides is 1. The highest BCUT2D eigenvalue weighted by Crippen LogP contribution is 2.49. The largest absolute Gasteiger partial charge is 0.481 e. The van der Waals surface area contributed by atoms with Gasteiger partial charge in [0.25, 0.3) is 5.91 Å². The van der Waals surface area contributed by atoms with Crippen molar-refractivity contribution in [1.29, 1.82) is 0 Å². The summed E-state index contributed by atoms with van der Waals surface area (Å²) in [4.78, 5) is 26.2. The first-order chi connectivity index (χ1) is 10.6. The van der Waals surface area contributed by atoms with Gasteiger partial charge in [-0.25, -0.2) is 0 Å². The summed E-state index contributed by atoms with van der Waals surface area (Å²) in [5, 5.41) is 10.4. The summed E-state index contributed by atoms with van der Waals surface area (Å²) in [6.07, 6.45) is 3.98. The van der Waals surface area contributed by atoms with E-state index in [0.29, 0.717) is 30.7 Å². The molecule has 2 aromatic rings. The number of para-hydroxylation sites is 1. The van der Waals surface area contributed by atoms with E-state index >= 15 is 0 Å². The molecule has 1 aromatic heterocycles. The Morgan fingerprint density at radius 2 is 2.14 bits per heavy atom. The molecule has 1 saturated heterocycles. The Labute approximate surface area is 127 Å². The average molecular weight is 299 g/mol. The van der Waals surface area contributed by atoms with E-state index in [1.165, 1.54) is 6.26 Å². The van der Waals surface area contributed by atoms with Gasteiger partial charge in [0.2, 0.25) is 0 Å². The summed E-state index contributed by atoms with van der Waals surface area (Å²) in [6, 6.07) is 7.41. The molecule has 1 N–H and O–H groups in total. The quantitative estimate of drug-likeness (QED) is 0.925. The SMILES string of the molecule is O=C(c1coc2ccccc12)N1C[C@@H]2CCC[C@@]2(C(=O)O)C1. The lowest BCUT2D eigenvalue weighted by Gasteiger charge is -2.23. The minimum absolute atomic E-state index is 0.0760. The van der Waals surface area contributed by atoms with Gasteiger partial charge in [0.15, 0.2) is 0 Å². The van der Waals surface area contributed by atoms with E-state index in [-0.39, 0.29) is 11.8 Å². The Bertz CT molecular complexity index is 765. The molecule has 1 aliphatic heterocycles. The first-order valence-corrected chi connectivity index (χ1v) is 7.61. The maximum absolute atomic E-state index is 12.8. The van der Waals surface area contributed by atoms with E-state index in [2.05, 4.69) is 0 Å². The zero-order valence-electron chi connectivity index (χ0n) is 12.1. The highest BCUT2D eigenvalue weighted by atomic mass is 16.4. The molecule has 1 aliphatic carbocycles. The van der Waals surface area contributed by atoms with Crippen LogP contribution in [0, 0.1) is 11.3 Å². The Morgan fingerprint density at radius 3 is 2.91 bits per heavy atom. The van der Waals surface area contributed by atoms with E-state index < -0.39 is 11.4 Å². The summed E-state index contributed by atoms with van der Waals surface area (Å²) in [7, 11) is 0. The number of carbonyl (C=O) groups is 2. The second kappa shape index (κ2) is 4.60. The molecular weight excluding hydrogens is 282 g/mol. The molecule has 1 aromatic carbocycles. The maximum atomic E-state index is 12.8. The topological polar surface area (TPSA) is 70.8 Å². The van der Waals surface area contributed by atoms with Crippen molar-refractivity contribution in [3.63, 3.8) is 0 Å². The van der Waals surface area contributed by atoms with Crippen LogP contribution in [0.3, 0.4) is 0 Å². The Balaban J connectivity index is 1.66. The molecule has 0 spiro atoms. The van der Waals surface area contributed by atoms with Gasteiger partial charge < -0.3 is 14.4 Å². The number of hydrogen-bond donors (Lipinski definition) is 1. The zero-order valence-corrected chi connectivity index (χ0v) is 12.1. The number of likely N-dealkylation sites (tertiary alicyclic amines) is 1. The third-order valence-electron chi connectivity index (χ3n) is 5.30. The highest BCUT2D eigenvalue weighted by Gasteiger charge is 2.55. The zero-order chi connectivity index (χ0) is 15.3. The van der Waals surface area contributed by atoms with Crippen LogP contribution in [0.15, 0.2) is 34.9 Å². The first kappa shape index (κ1) is 13.4. The molecule has 1 saturated carbocycles.